The number of carbonyl (C=O) groups is 1. The van der Waals surface area contributed by atoms with Crippen molar-refractivity contribution in [2.24, 2.45) is 0 Å². The number of ether oxygens (including phenoxy) is 1. The molecule has 2 aromatic rings. The molecule has 1 aliphatic carbocycles. The minimum absolute atomic E-state index is 0.0558. The number of hydrogen-bond donors (Lipinski definition) is 0. The Morgan fingerprint density at radius 2 is 1.94 bits per heavy atom. The zero-order valence-electron chi connectivity index (χ0n) is 18.5. The van der Waals surface area contributed by atoms with Gasteiger partial charge in [0.1, 0.15) is 11.6 Å². The number of aromatic nitrogens is 2. The smallest absolute Gasteiger partial charge is 0.319 e. The van der Waals surface area contributed by atoms with E-state index in [9.17, 15) is 4.79 Å². The average molecular weight is 444 g/mol. The van der Waals surface area contributed by atoms with Crippen LogP contribution in [0.2, 0.25) is 5.02 Å². The van der Waals surface area contributed by atoms with E-state index < -0.39 is 0 Å². The van der Waals surface area contributed by atoms with Crippen LogP contribution < -0.4 is 4.90 Å². The fraction of sp³-hybridized carbons (Fsp3) is 0.522. The van der Waals surface area contributed by atoms with Gasteiger partial charge >= 0.3 is 6.03 Å². The quantitative estimate of drug-likeness (QED) is 0.683. The molecule has 0 bridgehead atoms. The monoisotopic (exact) mass is 443 g/mol. The molecule has 0 spiro atoms. The fourth-order valence-corrected chi connectivity index (χ4v) is 4.21. The van der Waals surface area contributed by atoms with E-state index in [1.165, 1.54) is 0 Å². The molecular formula is C23H30ClN5O2. The number of anilines is 1. The second kappa shape index (κ2) is 9.40. The first-order valence-electron chi connectivity index (χ1n) is 10.8. The maximum atomic E-state index is 12.4. The van der Waals surface area contributed by atoms with Crippen LogP contribution in [0.1, 0.15) is 41.4 Å². The number of methoxy groups -OCH3 is 1. The Morgan fingerprint density at radius 1 is 1.19 bits per heavy atom. The summed E-state index contributed by atoms with van der Waals surface area (Å²) in [6.45, 7) is 3.29. The van der Waals surface area contributed by atoms with E-state index in [1.807, 2.05) is 23.1 Å². The molecule has 0 radical (unpaired) electrons. The molecule has 8 heteroatoms. The number of urea groups is 1. The first kappa shape index (κ1) is 21.8. The van der Waals surface area contributed by atoms with Gasteiger partial charge in [-0.15, -0.1) is 0 Å². The minimum Gasteiger partial charge on any atom is -0.378 e. The van der Waals surface area contributed by atoms with Crippen LogP contribution in [0, 0.1) is 0 Å². The lowest BCUT2D eigenvalue weighted by atomic mass is 10.0. The van der Waals surface area contributed by atoms with Gasteiger partial charge in [-0.3, -0.25) is 0 Å². The molecule has 1 saturated carbocycles. The standard InChI is InChI=1S/C23H30ClN5O2/c1-27(2)23(30)29-11-9-28(10-12-29)22-19(14-16-5-4-6-18(24)13-16)20(15-31-3)25-21(26-22)17-7-8-17/h4-6,13,17H,7-12,14-15H2,1-3H3. The van der Waals surface area contributed by atoms with Crippen LogP contribution in [0.5, 0.6) is 0 Å². The van der Waals surface area contributed by atoms with Gasteiger partial charge in [0.15, 0.2) is 0 Å². The van der Waals surface area contributed by atoms with Gasteiger partial charge in [0.25, 0.3) is 0 Å². The highest BCUT2D eigenvalue weighted by molar-refractivity contribution is 6.30. The summed E-state index contributed by atoms with van der Waals surface area (Å²) in [7, 11) is 5.29. The topological polar surface area (TPSA) is 61.8 Å². The maximum absolute atomic E-state index is 12.4. The van der Waals surface area contributed by atoms with Crippen LogP contribution in [0.3, 0.4) is 0 Å². The van der Waals surface area contributed by atoms with Crippen molar-refractivity contribution in [3.8, 4) is 0 Å². The lowest BCUT2D eigenvalue weighted by Gasteiger charge is -2.37. The van der Waals surface area contributed by atoms with Crippen molar-refractivity contribution in [2.75, 3.05) is 52.3 Å². The highest BCUT2D eigenvalue weighted by atomic mass is 35.5. The van der Waals surface area contributed by atoms with Crippen molar-refractivity contribution >= 4 is 23.4 Å². The summed E-state index contributed by atoms with van der Waals surface area (Å²) in [5.74, 6) is 2.34. The van der Waals surface area contributed by atoms with Crippen molar-refractivity contribution in [3.63, 3.8) is 0 Å². The van der Waals surface area contributed by atoms with Crippen LogP contribution >= 0.6 is 11.6 Å². The van der Waals surface area contributed by atoms with Crippen molar-refractivity contribution in [3.05, 3.63) is 51.9 Å². The first-order chi connectivity index (χ1) is 15.0. The van der Waals surface area contributed by atoms with Gasteiger partial charge < -0.3 is 19.4 Å². The van der Waals surface area contributed by atoms with Crippen LogP contribution in [0.25, 0.3) is 0 Å². The summed E-state index contributed by atoms with van der Waals surface area (Å²) in [6.07, 6.45) is 2.98. The molecule has 166 valence electrons. The van der Waals surface area contributed by atoms with E-state index in [0.29, 0.717) is 32.0 Å². The Hall–Kier alpha value is -2.38. The van der Waals surface area contributed by atoms with Crippen LogP contribution in [-0.4, -0.2) is 73.2 Å². The molecule has 0 N–H and O–H groups in total. The second-order valence-electron chi connectivity index (χ2n) is 8.50. The first-order valence-corrected chi connectivity index (χ1v) is 11.2. The molecule has 1 aliphatic heterocycles. The van der Waals surface area contributed by atoms with Crippen molar-refractivity contribution in [2.45, 2.75) is 31.8 Å². The molecule has 7 nitrogen and oxygen atoms in total. The third-order valence-electron chi connectivity index (χ3n) is 5.81. The zero-order valence-corrected chi connectivity index (χ0v) is 19.2. The average Bonchev–Trinajstić information content (AvgIpc) is 3.60. The number of benzene rings is 1. The number of halogens is 1. The van der Waals surface area contributed by atoms with Crippen molar-refractivity contribution < 1.29 is 9.53 Å². The Kier molecular flexibility index (Phi) is 6.62. The highest BCUT2D eigenvalue weighted by Crippen LogP contribution is 2.40. The highest BCUT2D eigenvalue weighted by Gasteiger charge is 2.31. The Morgan fingerprint density at radius 3 is 2.55 bits per heavy atom. The summed E-state index contributed by atoms with van der Waals surface area (Å²) >= 11 is 6.24. The summed E-state index contributed by atoms with van der Waals surface area (Å²) in [5.41, 5.74) is 3.15. The van der Waals surface area contributed by atoms with E-state index in [1.54, 1.807) is 26.1 Å². The van der Waals surface area contributed by atoms with Gasteiger partial charge in [-0.05, 0) is 30.5 Å². The zero-order chi connectivity index (χ0) is 22.0. The van der Waals surface area contributed by atoms with E-state index in [4.69, 9.17) is 26.3 Å². The third-order valence-corrected chi connectivity index (χ3v) is 6.05. The van der Waals surface area contributed by atoms with Gasteiger partial charge in [0.2, 0.25) is 0 Å². The van der Waals surface area contributed by atoms with Gasteiger partial charge in [0, 0.05) is 70.3 Å². The number of rotatable bonds is 6. The largest absolute Gasteiger partial charge is 0.378 e. The number of hydrogen-bond acceptors (Lipinski definition) is 5. The Balaban J connectivity index is 1.67. The van der Waals surface area contributed by atoms with Gasteiger partial charge in [0.05, 0.1) is 12.3 Å². The molecule has 1 saturated heterocycles. The summed E-state index contributed by atoms with van der Waals surface area (Å²) in [4.78, 5) is 28.1. The van der Waals surface area contributed by atoms with Gasteiger partial charge in [-0.2, -0.15) is 0 Å². The lowest BCUT2D eigenvalue weighted by Crippen LogP contribution is -2.52. The molecule has 4 rings (SSSR count). The van der Waals surface area contributed by atoms with Crippen LogP contribution in [0.15, 0.2) is 24.3 Å². The predicted octanol–water partition coefficient (Wildman–Crippen LogP) is 3.55. The van der Waals surface area contributed by atoms with Gasteiger partial charge in [-0.25, -0.2) is 14.8 Å². The molecule has 2 aliphatic rings. The molecule has 1 aromatic carbocycles. The Bertz CT molecular complexity index is 940. The lowest BCUT2D eigenvalue weighted by molar-refractivity contribution is 0.167. The molecular weight excluding hydrogens is 414 g/mol. The summed E-state index contributed by atoms with van der Waals surface area (Å²) in [5, 5.41) is 0.721. The van der Waals surface area contributed by atoms with Gasteiger partial charge in [-0.1, -0.05) is 23.7 Å². The fourth-order valence-electron chi connectivity index (χ4n) is 4.00. The van der Waals surface area contributed by atoms with Crippen molar-refractivity contribution in [1.29, 1.82) is 0 Å². The van der Waals surface area contributed by atoms with E-state index >= 15 is 0 Å². The van der Waals surface area contributed by atoms with E-state index in [-0.39, 0.29) is 6.03 Å². The molecule has 1 aromatic heterocycles. The summed E-state index contributed by atoms with van der Waals surface area (Å²) in [6, 6.07) is 7.98. The molecule has 0 atom stereocenters. The number of nitrogens with zero attached hydrogens (tertiary/aromatic N) is 5. The number of amides is 2. The molecule has 0 unspecified atom stereocenters. The normalized spacial score (nSPS) is 16.5. The molecule has 2 fully saturated rings. The molecule has 2 heterocycles. The summed E-state index contributed by atoms with van der Waals surface area (Å²) < 4.78 is 5.51. The number of piperazine rings is 1. The van der Waals surface area contributed by atoms with E-state index in [2.05, 4.69) is 11.0 Å². The Labute approximate surface area is 189 Å². The maximum Gasteiger partial charge on any atom is 0.319 e. The SMILES string of the molecule is COCc1nc(C2CC2)nc(N2CCN(C(=O)N(C)C)CC2)c1Cc1cccc(Cl)c1. The van der Waals surface area contributed by atoms with E-state index in [0.717, 1.165) is 59.4 Å². The molecule has 31 heavy (non-hydrogen) atoms. The van der Waals surface area contributed by atoms with Crippen molar-refractivity contribution in [1.82, 2.24) is 19.8 Å². The predicted molar refractivity (Wildman–Crippen MR) is 122 cm³/mol. The number of carbonyl (C=O) groups excluding carboxylic acids is 1. The van der Waals surface area contributed by atoms with Crippen LogP contribution in [0.4, 0.5) is 10.6 Å². The second-order valence-corrected chi connectivity index (χ2v) is 8.93. The third kappa shape index (κ3) is 5.10. The molecule has 2 amide bonds. The minimum atomic E-state index is 0.0558. The van der Waals surface area contributed by atoms with Crippen LogP contribution in [-0.2, 0) is 17.8 Å².